The van der Waals surface area contributed by atoms with Crippen molar-refractivity contribution in [1.29, 1.82) is 0 Å². The second kappa shape index (κ2) is 2.35. The molecule has 1 heterocycles. The van der Waals surface area contributed by atoms with Crippen LogP contribution < -0.4 is 0 Å². The molecule has 1 aromatic rings. The largest absolute Gasteiger partial charge is 0.333 e. The molecule has 0 saturated heterocycles. The lowest BCUT2D eigenvalue weighted by atomic mass is 10.1. The van der Waals surface area contributed by atoms with E-state index in [1.807, 2.05) is 0 Å². The summed E-state index contributed by atoms with van der Waals surface area (Å²) < 4.78 is 17.5. The van der Waals surface area contributed by atoms with E-state index in [0.717, 1.165) is 5.56 Å². The highest BCUT2D eigenvalue weighted by molar-refractivity contribution is 5.24. The van der Waals surface area contributed by atoms with E-state index < -0.39 is 5.85 Å². The second-order valence-corrected chi connectivity index (χ2v) is 2.52. The van der Waals surface area contributed by atoms with Crippen LogP contribution in [0.1, 0.15) is 5.56 Å². The number of hydrogen-bond acceptors (Lipinski definition) is 3. The van der Waals surface area contributed by atoms with E-state index in [0.29, 0.717) is 0 Å². The molecule has 0 bridgehead atoms. The Morgan fingerprint density at radius 1 is 1.25 bits per heavy atom. The monoisotopic (exact) mass is 166 g/mol. The molecular formula is C8H7FN2O. The maximum absolute atomic E-state index is 12.5. The van der Waals surface area contributed by atoms with Gasteiger partial charge in [-0.25, -0.2) is 4.39 Å². The summed E-state index contributed by atoms with van der Waals surface area (Å²) in [5, 5.41) is 7.47. The van der Waals surface area contributed by atoms with Crippen LogP contribution in [-0.4, -0.2) is 7.11 Å². The molecule has 12 heavy (non-hydrogen) atoms. The Morgan fingerprint density at radius 3 is 2.25 bits per heavy atom. The van der Waals surface area contributed by atoms with Gasteiger partial charge in [-0.05, 0) is 24.3 Å². The number of hydrogen-bond donors (Lipinski definition) is 0. The van der Waals surface area contributed by atoms with Crippen molar-refractivity contribution in [3.8, 4) is 0 Å². The fourth-order valence-corrected chi connectivity index (χ4v) is 1.03. The third-order valence-corrected chi connectivity index (χ3v) is 1.79. The van der Waals surface area contributed by atoms with Gasteiger partial charge >= 0.3 is 5.85 Å². The molecule has 0 saturated carbocycles. The van der Waals surface area contributed by atoms with Gasteiger partial charge < -0.3 is 4.74 Å². The van der Waals surface area contributed by atoms with Crippen LogP contribution in [0.3, 0.4) is 0 Å². The molecule has 0 N–H and O–H groups in total. The van der Waals surface area contributed by atoms with Gasteiger partial charge in [0.05, 0.1) is 0 Å². The standard InChI is InChI=1S/C8H7FN2O/c1-12-8(10-11-8)6-2-4-7(9)5-3-6/h2-5H,1H3. The Hall–Kier alpha value is -1.29. The van der Waals surface area contributed by atoms with E-state index >= 15 is 0 Å². The molecule has 0 spiro atoms. The van der Waals surface area contributed by atoms with Gasteiger partial charge in [-0.2, -0.15) is 0 Å². The number of ether oxygens (including phenoxy) is 1. The van der Waals surface area contributed by atoms with E-state index in [1.54, 1.807) is 12.1 Å². The first-order valence-electron chi connectivity index (χ1n) is 3.52. The molecule has 0 aromatic heterocycles. The fourth-order valence-electron chi connectivity index (χ4n) is 1.03. The average Bonchev–Trinajstić information content (AvgIpc) is 2.86. The number of methoxy groups -OCH3 is 1. The summed E-state index contributed by atoms with van der Waals surface area (Å²) in [7, 11) is 1.52. The predicted molar refractivity (Wildman–Crippen MR) is 39.9 cm³/mol. The summed E-state index contributed by atoms with van der Waals surface area (Å²) in [4.78, 5) is 0. The summed E-state index contributed by atoms with van der Waals surface area (Å²) in [5.74, 6) is -1.11. The SMILES string of the molecule is COC1(c2ccc(F)cc2)N=N1. The van der Waals surface area contributed by atoms with Gasteiger partial charge in [0, 0.05) is 12.7 Å². The van der Waals surface area contributed by atoms with Crippen molar-refractivity contribution in [1.82, 2.24) is 0 Å². The van der Waals surface area contributed by atoms with Gasteiger partial charge in [-0.3, -0.25) is 0 Å². The lowest BCUT2D eigenvalue weighted by Gasteiger charge is -2.06. The summed E-state index contributed by atoms with van der Waals surface area (Å²) in [6.45, 7) is 0. The van der Waals surface area contributed by atoms with Crippen LogP contribution in [-0.2, 0) is 10.6 Å². The Kier molecular flexibility index (Phi) is 1.44. The zero-order chi connectivity index (χ0) is 8.60. The van der Waals surface area contributed by atoms with Gasteiger partial charge in [0.2, 0.25) is 0 Å². The minimum atomic E-state index is -0.840. The summed E-state index contributed by atoms with van der Waals surface area (Å²) in [6.07, 6.45) is 0. The number of nitrogens with zero attached hydrogens (tertiary/aromatic N) is 2. The van der Waals surface area contributed by atoms with Crippen LogP contribution in [0, 0.1) is 5.82 Å². The van der Waals surface area contributed by atoms with Crippen LogP contribution in [0.4, 0.5) is 4.39 Å². The first-order chi connectivity index (χ1) is 5.77. The molecular weight excluding hydrogens is 159 g/mol. The lowest BCUT2D eigenvalue weighted by molar-refractivity contribution is 0.0617. The maximum Gasteiger partial charge on any atom is 0.320 e. The lowest BCUT2D eigenvalue weighted by Crippen LogP contribution is -2.10. The molecule has 0 amide bonds. The van der Waals surface area contributed by atoms with Crippen molar-refractivity contribution in [2.45, 2.75) is 5.85 Å². The molecule has 4 heteroatoms. The summed E-state index contributed by atoms with van der Waals surface area (Å²) >= 11 is 0. The highest BCUT2D eigenvalue weighted by Crippen LogP contribution is 2.39. The number of rotatable bonds is 2. The van der Waals surface area contributed by atoms with Crippen LogP contribution >= 0.6 is 0 Å². The van der Waals surface area contributed by atoms with E-state index in [9.17, 15) is 4.39 Å². The molecule has 0 aliphatic carbocycles. The molecule has 1 aliphatic rings. The molecule has 0 atom stereocenters. The highest BCUT2D eigenvalue weighted by atomic mass is 19.1. The van der Waals surface area contributed by atoms with Crippen LogP contribution in [0.2, 0.25) is 0 Å². The molecule has 0 fully saturated rings. The van der Waals surface area contributed by atoms with E-state index in [4.69, 9.17) is 4.74 Å². The van der Waals surface area contributed by atoms with E-state index in [2.05, 4.69) is 10.2 Å². The molecule has 1 aliphatic heterocycles. The third-order valence-electron chi connectivity index (χ3n) is 1.79. The molecule has 1 aromatic carbocycles. The zero-order valence-electron chi connectivity index (χ0n) is 6.49. The molecule has 3 nitrogen and oxygen atoms in total. The Bertz CT molecular complexity index is 314. The van der Waals surface area contributed by atoms with Gasteiger partial charge in [0.15, 0.2) is 0 Å². The molecule has 0 radical (unpaired) electrons. The molecule has 62 valence electrons. The maximum atomic E-state index is 12.5. The van der Waals surface area contributed by atoms with Gasteiger partial charge in [-0.1, -0.05) is 0 Å². The van der Waals surface area contributed by atoms with Crippen LogP contribution in [0.15, 0.2) is 34.5 Å². The van der Waals surface area contributed by atoms with E-state index in [-0.39, 0.29) is 5.82 Å². The van der Waals surface area contributed by atoms with Crippen molar-refractivity contribution in [3.63, 3.8) is 0 Å². The number of benzene rings is 1. The Balaban J connectivity index is 2.30. The second-order valence-electron chi connectivity index (χ2n) is 2.52. The van der Waals surface area contributed by atoms with Crippen molar-refractivity contribution < 1.29 is 9.13 Å². The van der Waals surface area contributed by atoms with Crippen molar-refractivity contribution in [3.05, 3.63) is 35.6 Å². The van der Waals surface area contributed by atoms with E-state index in [1.165, 1.54) is 19.2 Å². The first kappa shape index (κ1) is 7.36. The van der Waals surface area contributed by atoms with Gasteiger partial charge in [-0.15, -0.1) is 10.2 Å². The normalized spacial score (nSPS) is 17.8. The van der Waals surface area contributed by atoms with Crippen molar-refractivity contribution in [2.75, 3.05) is 7.11 Å². The van der Waals surface area contributed by atoms with Crippen molar-refractivity contribution >= 4 is 0 Å². The highest BCUT2D eigenvalue weighted by Gasteiger charge is 2.42. The van der Waals surface area contributed by atoms with Gasteiger partial charge in [0.1, 0.15) is 5.82 Å². The zero-order valence-corrected chi connectivity index (χ0v) is 6.49. The number of halogens is 1. The summed E-state index contributed by atoms with van der Waals surface area (Å²) in [6, 6.07) is 5.94. The molecule has 2 rings (SSSR count). The fraction of sp³-hybridized carbons (Fsp3) is 0.250. The minimum absolute atomic E-state index is 0.273. The predicted octanol–water partition coefficient (Wildman–Crippen LogP) is 2.05. The molecule has 0 unspecified atom stereocenters. The first-order valence-corrected chi connectivity index (χ1v) is 3.52. The smallest absolute Gasteiger partial charge is 0.320 e. The van der Waals surface area contributed by atoms with Crippen molar-refractivity contribution in [2.24, 2.45) is 10.2 Å². The Morgan fingerprint density at radius 2 is 1.83 bits per heavy atom. The van der Waals surface area contributed by atoms with Crippen LogP contribution in [0.25, 0.3) is 0 Å². The summed E-state index contributed by atoms with van der Waals surface area (Å²) in [5.41, 5.74) is 0.756. The third kappa shape index (κ3) is 1.00. The van der Waals surface area contributed by atoms with Crippen LogP contribution in [0.5, 0.6) is 0 Å². The topological polar surface area (TPSA) is 34.0 Å². The minimum Gasteiger partial charge on any atom is -0.333 e. The Labute approximate surface area is 68.9 Å². The average molecular weight is 166 g/mol. The quantitative estimate of drug-likeness (QED) is 0.661. The van der Waals surface area contributed by atoms with Gasteiger partial charge in [0.25, 0.3) is 0 Å².